The molecular formula is C22H32FN3O3. The number of ether oxygens (including phenoxy) is 2. The van der Waals surface area contributed by atoms with E-state index in [0.717, 1.165) is 51.1 Å². The van der Waals surface area contributed by atoms with E-state index in [1.54, 1.807) is 7.11 Å². The molecule has 1 aromatic rings. The third-order valence-electron chi connectivity index (χ3n) is 5.82. The Morgan fingerprint density at radius 2 is 1.83 bits per heavy atom. The molecule has 0 bridgehead atoms. The number of benzene rings is 1. The molecule has 2 heterocycles. The quantitative estimate of drug-likeness (QED) is 0.717. The predicted molar refractivity (Wildman–Crippen MR) is 109 cm³/mol. The lowest BCUT2D eigenvalue weighted by molar-refractivity contribution is 0.0574. The van der Waals surface area contributed by atoms with Gasteiger partial charge in [0.15, 0.2) is 11.5 Å². The van der Waals surface area contributed by atoms with Crippen molar-refractivity contribution >= 4 is 0 Å². The highest BCUT2D eigenvalue weighted by atomic mass is 19.1. The zero-order valence-electron chi connectivity index (χ0n) is 17.2. The minimum Gasteiger partial charge on any atom is -0.493 e. The first-order valence-corrected chi connectivity index (χ1v) is 10.5. The van der Waals surface area contributed by atoms with E-state index >= 15 is 0 Å². The van der Waals surface area contributed by atoms with Crippen LogP contribution in [0.15, 0.2) is 18.2 Å². The average molecular weight is 406 g/mol. The van der Waals surface area contributed by atoms with Crippen LogP contribution < -0.4 is 9.47 Å². The van der Waals surface area contributed by atoms with Gasteiger partial charge >= 0.3 is 0 Å². The molecule has 0 amide bonds. The molecule has 1 unspecified atom stereocenters. The van der Waals surface area contributed by atoms with Crippen LogP contribution in [-0.4, -0.2) is 73.6 Å². The number of aliphatic hydroxyl groups is 1. The number of nitrogens with zero attached hydrogens (tertiary/aromatic N) is 3. The Hall–Kier alpha value is -1.88. The molecule has 29 heavy (non-hydrogen) atoms. The summed E-state index contributed by atoms with van der Waals surface area (Å²) in [6, 6.07) is 8.15. The van der Waals surface area contributed by atoms with Gasteiger partial charge in [-0.05, 0) is 56.5 Å². The zero-order valence-corrected chi connectivity index (χ0v) is 17.2. The molecule has 0 aliphatic carbocycles. The highest BCUT2D eigenvalue weighted by Crippen LogP contribution is 2.29. The van der Waals surface area contributed by atoms with Gasteiger partial charge < -0.3 is 19.5 Å². The standard InChI is InChI=1S/C22H32FN3O3/c1-28-22-12-18(14-25-10-6-19(23)7-11-25)2-3-21(22)29-16-20(27)15-26-8-4-17(13-24)5-9-26/h2-3,12,17,19-20,27H,4-11,14-16H2,1H3. The van der Waals surface area contributed by atoms with Crippen LogP contribution in [0.4, 0.5) is 4.39 Å². The van der Waals surface area contributed by atoms with Gasteiger partial charge in [-0.3, -0.25) is 4.90 Å². The van der Waals surface area contributed by atoms with E-state index in [1.807, 2.05) is 18.2 Å². The van der Waals surface area contributed by atoms with Crippen LogP contribution in [0.1, 0.15) is 31.2 Å². The van der Waals surface area contributed by atoms with Gasteiger partial charge in [0.05, 0.1) is 13.2 Å². The molecule has 7 heteroatoms. The van der Waals surface area contributed by atoms with Crippen molar-refractivity contribution in [1.29, 1.82) is 5.26 Å². The number of piperidine rings is 2. The highest BCUT2D eigenvalue weighted by Gasteiger charge is 2.22. The Kier molecular flexibility index (Phi) is 8.10. The molecule has 2 aliphatic heterocycles. The maximum Gasteiger partial charge on any atom is 0.161 e. The van der Waals surface area contributed by atoms with Gasteiger partial charge in [0.1, 0.15) is 18.9 Å². The molecule has 0 radical (unpaired) electrons. The second-order valence-electron chi connectivity index (χ2n) is 8.10. The van der Waals surface area contributed by atoms with Crippen LogP contribution in [0.3, 0.4) is 0 Å². The summed E-state index contributed by atoms with van der Waals surface area (Å²) in [6.45, 7) is 4.74. The van der Waals surface area contributed by atoms with Gasteiger partial charge in [0.25, 0.3) is 0 Å². The molecule has 2 aliphatic rings. The SMILES string of the molecule is COc1cc(CN2CCC(F)CC2)ccc1OCC(O)CN1CCC(C#N)CC1. The fraction of sp³-hybridized carbons (Fsp3) is 0.682. The lowest BCUT2D eigenvalue weighted by Gasteiger charge is -2.30. The lowest BCUT2D eigenvalue weighted by atomic mass is 9.98. The van der Waals surface area contributed by atoms with Crippen molar-refractivity contribution < 1.29 is 19.0 Å². The average Bonchev–Trinajstić information content (AvgIpc) is 2.75. The number of nitriles is 1. The highest BCUT2D eigenvalue weighted by molar-refractivity contribution is 5.43. The minimum absolute atomic E-state index is 0.144. The summed E-state index contributed by atoms with van der Waals surface area (Å²) < 4.78 is 24.6. The van der Waals surface area contributed by atoms with E-state index in [9.17, 15) is 9.50 Å². The molecule has 0 aromatic heterocycles. The summed E-state index contributed by atoms with van der Waals surface area (Å²) in [4.78, 5) is 4.44. The Morgan fingerprint density at radius 3 is 2.48 bits per heavy atom. The van der Waals surface area contributed by atoms with E-state index in [1.165, 1.54) is 0 Å². The molecule has 1 atom stereocenters. The number of hydrogen-bond acceptors (Lipinski definition) is 6. The molecular weight excluding hydrogens is 373 g/mol. The van der Waals surface area contributed by atoms with Gasteiger partial charge in [-0.25, -0.2) is 4.39 Å². The number of likely N-dealkylation sites (tertiary alicyclic amines) is 2. The largest absolute Gasteiger partial charge is 0.493 e. The van der Waals surface area contributed by atoms with Gasteiger partial charge in [-0.2, -0.15) is 5.26 Å². The zero-order chi connectivity index (χ0) is 20.6. The lowest BCUT2D eigenvalue weighted by Crippen LogP contribution is -2.40. The number of aliphatic hydroxyl groups excluding tert-OH is 1. The summed E-state index contributed by atoms with van der Waals surface area (Å²) in [5, 5.41) is 19.3. The van der Waals surface area contributed by atoms with Crippen LogP contribution in [0.25, 0.3) is 0 Å². The van der Waals surface area contributed by atoms with Crippen molar-refractivity contribution in [2.24, 2.45) is 5.92 Å². The van der Waals surface area contributed by atoms with E-state index < -0.39 is 12.3 Å². The second kappa shape index (κ2) is 10.8. The topological polar surface area (TPSA) is 69.0 Å². The summed E-state index contributed by atoms with van der Waals surface area (Å²) >= 11 is 0. The third kappa shape index (κ3) is 6.56. The first-order valence-electron chi connectivity index (χ1n) is 10.5. The van der Waals surface area contributed by atoms with E-state index in [4.69, 9.17) is 14.7 Å². The van der Waals surface area contributed by atoms with Gasteiger partial charge in [-0.15, -0.1) is 0 Å². The monoisotopic (exact) mass is 405 g/mol. The molecule has 0 spiro atoms. The summed E-state index contributed by atoms with van der Waals surface area (Å²) in [5.74, 6) is 1.40. The number of β-amino-alcohol motifs (C(OH)–C–C–N with tert-alkyl or cyclic N) is 1. The first kappa shape index (κ1) is 21.8. The predicted octanol–water partition coefficient (Wildman–Crippen LogP) is 2.60. The van der Waals surface area contributed by atoms with Crippen molar-refractivity contribution in [2.75, 3.05) is 46.4 Å². The molecule has 2 saturated heterocycles. The molecule has 3 rings (SSSR count). The molecule has 2 fully saturated rings. The van der Waals surface area contributed by atoms with Gasteiger partial charge in [0, 0.05) is 32.1 Å². The number of alkyl halides is 1. The number of hydrogen-bond donors (Lipinski definition) is 1. The van der Waals surface area contributed by atoms with Gasteiger partial charge in [-0.1, -0.05) is 6.07 Å². The normalized spacial score (nSPS) is 20.9. The Bertz CT molecular complexity index is 680. The van der Waals surface area contributed by atoms with Crippen molar-refractivity contribution in [3.63, 3.8) is 0 Å². The molecule has 6 nitrogen and oxygen atoms in total. The maximum absolute atomic E-state index is 13.3. The second-order valence-corrected chi connectivity index (χ2v) is 8.10. The first-order chi connectivity index (χ1) is 14.1. The van der Waals surface area contributed by atoms with E-state index in [-0.39, 0.29) is 12.5 Å². The number of halogens is 1. The summed E-state index contributed by atoms with van der Waals surface area (Å²) in [7, 11) is 1.61. The van der Waals surface area contributed by atoms with Crippen LogP contribution in [-0.2, 0) is 6.54 Å². The maximum atomic E-state index is 13.3. The van der Waals surface area contributed by atoms with Crippen molar-refractivity contribution in [2.45, 2.75) is 44.5 Å². The van der Waals surface area contributed by atoms with Crippen molar-refractivity contribution in [1.82, 2.24) is 9.80 Å². The Balaban J connectivity index is 1.47. The van der Waals surface area contributed by atoms with Crippen LogP contribution >= 0.6 is 0 Å². The summed E-state index contributed by atoms with van der Waals surface area (Å²) in [5.41, 5.74) is 1.10. The minimum atomic E-state index is -0.666. The third-order valence-corrected chi connectivity index (χ3v) is 5.82. The fourth-order valence-electron chi connectivity index (χ4n) is 4.03. The Morgan fingerprint density at radius 1 is 1.14 bits per heavy atom. The van der Waals surface area contributed by atoms with Crippen molar-refractivity contribution in [3.8, 4) is 17.6 Å². The van der Waals surface area contributed by atoms with E-state index in [0.29, 0.717) is 30.9 Å². The Labute approximate surface area is 172 Å². The van der Waals surface area contributed by atoms with Crippen molar-refractivity contribution in [3.05, 3.63) is 23.8 Å². The molecule has 1 N–H and O–H groups in total. The molecule has 160 valence electrons. The number of methoxy groups -OCH3 is 1. The van der Waals surface area contributed by atoms with Gasteiger partial charge in [0.2, 0.25) is 0 Å². The molecule has 1 aromatic carbocycles. The smallest absolute Gasteiger partial charge is 0.161 e. The van der Waals surface area contributed by atoms with Crippen LogP contribution in [0.5, 0.6) is 11.5 Å². The van der Waals surface area contributed by atoms with Crippen LogP contribution in [0, 0.1) is 17.2 Å². The number of rotatable bonds is 8. The fourth-order valence-corrected chi connectivity index (χ4v) is 4.03. The van der Waals surface area contributed by atoms with Crippen LogP contribution in [0.2, 0.25) is 0 Å². The van der Waals surface area contributed by atoms with E-state index in [2.05, 4.69) is 15.9 Å². The summed E-state index contributed by atoms with van der Waals surface area (Å²) in [6.07, 6.45) is 1.67. The molecule has 0 saturated carbocycles.